The van der Waals surface area contributed by atoms with Crippen LogP contribution in [0.1, 0.15) is 43.5 Å². The number of nitrogens with zero attached hydrogens (tertiary/aromatic N) is 4. The highest BCUT2D eigenvalue weighted by Crippen LogP contribution is 2.35. The van der Waals surface area contributed by atoms with Crippen LogP contribution in [0.15, 0.2) is 28.9 Å². The maximum absolute atomic E-state index is 9.20. The van der Waals surface area contributed by atoms with E-state index in [2.05, 4.69) is 36.9 Å². The van der Waals surface area contributed by atoms with Crippen LogP contribution >= 0.6 is 15.9 Å². The van der Waals surface area contributed by atoms with E-state index in [1.165, 1.54) is 19.3 Å². The second-order valence-electron chi connectivity index (χ2n) is 6.58. The Labute approximate surface area is 160 Å². The zero-order chi connectivity index (χ0) is 17.9. The summed E-state index contributed by atoms with van der Waals surface area (Å²) < 4.78 is 11.7. The highest BCUT2D eigenvalue weighted by molar-refractivity contribution is 9.10. The van der Waals surface area contributed by atoms with Crippen molar-refractivity contribution in [2.45, 2.75) is 44.7 Å². The molecule has 134 valence electrons. The quantitative estimate of drug-likeness (QED) is 0.746. The van der Waals surface area contributed by atoms with E-state index < -0.39 is 0 Å². The highest BCUT2D eigenvalue weighted by Gasteiger charge is 2.25. The molecular weight excluding hydrogens is 396 g/mol. The molecule has 1 aromatic heterocycles. The molecule has 0 bridgehead atoms. The molecule has 1 aliphatic carbocycles. The van der Waals surface area contributed by atoms with E-state index >= 15 is 0 Å². The third kappa shape index (κ3) is 3.47. The number of hydrogen-bond acceptors (Lipinski definition) is 6. The number of hydrogen-bond donors (Lipinski definition) is 0. The van der Waals surface area contributed by atoms with Crippen molar-refractivity contribution in [3.63, 3.8) is 0 Å². The highest BCUT2D eigenvalue weighted by atomic mass is 79.9. The Kier molecular flexibility index (Phi) is 4.93. The van der Waals surface area contributed by atoms with Crippen molar-refractivity contribution in [3.05, 3.63) is 40.3 Å². The van der Waals surface area contributed by atoms with Crippen LogP contribution in [0.2, 0.25) is 0 Å². The fourth-order valence-corrected chi connectivity index (χ4v) is 4.04. The van der Waals surface area contributed by atoms with Crippen molar-refractivity contribution >= 4 is 21.7 Å². The number of nitriles is 1. The fourth-order valence-electron chi connectivity index (χ4n) is 3.62. The summed E-state index contributed by atoms with van der Waals surface area (Å²) in [5, 5.41) is 9.20. The fraction of sp³-hybridized carbons (Fsp3) is 0.421. The van der Waals surface area contributed by atoms with Gasteiger partial charge in [0.1, 0.15) is 11.9 Å². The maximum atomic E-state index is 9.20. The largest absolute Gasteiger partial charge is 0.454 e. The summed E-state index contributed by atoms with van der Waals surface area (Å²) >= 11 is 3.57. The van der Waals surface area contributed by atoms with Crippen molar-refractivity contribution < 1.29 is 9.47 Å². The number of anilines is 1. The Morgan fingerprint density at radius 3 is 2.81 bits per heavy atom. The van der Waals surface area contributed by atoms with Crippen LogP contribution in [0.4, 0.5) is 5.82 Å². The summed E-state index contributed by atoms with van der Waals surface area (Å²) in [7, 11) is 0. The third-order valence-electron chi connectivity index (χ3n) is 4.90. The van der Waals surface area contributed by atoms with Crippen LogP contribution in [0.5, 0.6) is 11.5 Å². The molecule has 1 aromatic carbocycles. The average molecular weight is 415 g/mol. The number of rotatable bonds is 4. The van der Waals surface area contributed by atoms with Gasteiger partial charge in [-0.25, -0.2) is 9.97 Å². The Bertz CT molecular complexity index is 846. The van der Waals surface area contributed by atoms with Gasteiger partial charge in [0.2, 0.25) is 12.6 Å². The normalized spacial score (nSPS) is 16.3. The summed E-state index contributed by atoms with van der Waals surface area (Å²) in [6.07, 6.45) is 7.64. The second-order valence-corrected chi connectivity index (χ2v) is 7.44. The van der Waals surface area contributed by atoms with Gasteiger partial charge in [-0.15, -0.1) is 0 Å². The van der Waals surface area contributed by atoms with Gasteiger partial charge in [0.05, 0.1) is 4.47 Å². The van der Waals surface area contributed by atoms with E-state index in [0.717, 1.165) is 40.2 Å². The maximum Gasteiger partial charge on any atom is 0.234 e. The lowest BCUT2D eigenvalue weighted by Crippen LogP contribution is -2.37. The van der Waals surface area contributed by atoms with Crippen molar-refractivity contribution in [3.8, 4) is 17.6 Å². The molecule has 2 aromatic rings. The van der Waals surface area contributed by atoms with Crippen LogP contribution < -0.4 is 14.4 Å². The smallest absolute Gasteiger partial charge is 0.234 e. The van der Waals surface area contributed by atoms with Crippen molar-refractivity contribution in [1.82, 2.24) is 9.97 Å². The molecule has 0 atom stereocenters. The molecule has 2 heterocycles. The first-order chi connectivity index (χ1) is 12.7. The first kappa shape index (κ1) is 17.1. The first-order valence-corrected chi connectivity index (χ1v) is 9.61. The molecule has 1 aliphatic heterocycles. The molecule has 1 fully saturated rings. The summed E-state index contributed by atoms with van der Waals surface area (Å²) in [6.45, 7) is 0.968. The molecule has 0 saturated heterocycles. The summed E-state index contributed by atoms with van der Waals surface area (Å²) in [5.41, 5.74) is 1.13. The summed E-state index contributed by atoms with van der Waals surface area (Å²) in [5.74, 6) is 2.54. The molecule has 4 rings (SSSR count). The minimum atomic E-state index is 0.190. The number of fused-ring (bicyclic) bond motifs is 1. The Morgan fingerprint density at radius 2 is 2.00 bits per heavy atom. The molecule has 0 N–H and O–H groups in total. The molecule has 6 nitrogen and oxygen atoms in total. The monoisotopic (exact) mass is 414 g/mol. The number of halogens is 1. The van der Waals surface area contributed by atoms with E-state index in [9.17, 15) is 5.26 Å². The van der Waals surface area contributed by atoms with E-state index in [1.54, 1.807) is 6.20 Å². The molecule has 7 heteroatoms. The molecule has 0 radical (unpaired) electrons. The molecule has 26 heavy (non-hydrogen) atoms. The number of ether oxygens (including phenoxy) is 2. The standard InChI is InChI=1S/C19H19BrN4O2/c20-15-10-22-18(9-21)23-19(15)24(14-4-2-1-3-5-14)11-13-6-7-16-17(8-13)26-12-25-16/h6-8,10,14H,1-5,11-12H2. The minimum Gasteiger partial charge on any atom is -0.454 e. The molecule has 0 unspecified atom stereocenters. The van der Waals surface area contributed by atoms with Gasteiger partial charge in [-0.3, -0.25) is 0 Å². The number of benzene rings is 1. The lowest BCUT2D eigenvalue weighted by atomic mass is 9.93. The second kappa shape index (κ2) is 7.50. The minimum absolute atomic E-state index is 0.190. The lowest BCUT2D eigenvalue weighted by molar-refractivity contribution is 0.174. The zero-order valence-corrected chi connectivity index (χ0v) is 15.9. The topological polar surface area (TPSA) is 71.3 Å². The van der Waals surface area contributed by atoms with E-state index in [1.807, 2.05) is 18.2 Å². The summed E-state index contributed by atoms with van der Waals surface area (Å²) in [6, 6.07) is 8.48. The molecule has 0 amide bonds. The van der Waals surface area contributed by atoms with Crippen LogP contribution in [-0.4, -0.2) is 22.8 Å². The van der Waals surface area contributed by atoms with Crippen LogP contribution in [0, 0.1) is 11.3 Å². The third-order valence-corrected chi connectivity index (χ3v) is 5.46. The van der Waals surface area contributed by atoms with Gasteiger partial charge in [-0.1, -0.05) is 25.3 Å². The van der Waals surface area contributed by atoms with Gasteiger partial charge in [0.15, 0.2) is 11.5 Å². The SMILES string of the molecule is N#Cc1ncc(Br)c(N(Cc2ccc3c(c2)OCO3)C2CCCCC2)n1. The average Bonchev–Trinajstić information content (AvgIpc) is 3.15. The van der Waals surface area contributed by atoms with Gasteiger partial charge < -0.3 is 14.4 Å². The lowest BCUT2D eigenvalue weighted by Gasteiger charge is -2.36. The predicted octanol–water partition coefficient (Wildman–Crippen LogP) is 4.18. The summed E-state index contributed by atoms with van der Waals surface area (Å²) in [4.78, 5) is 10.8. The van der Waals surface area contributed by atoms with Gasteiger partial charge in [-0.05, 0) is 46.5 Å². The van der Waals surface area contributed by atoms with Gasteiger partial charge in [0.25, 0.3) is 0 Å². The Hall–Kier alpha value is -2.33. The first-order valence-electron chi connectivity index (χ1n) is 8.82. The Balaban J connectivity index is 1.68. The van der Waals surface area contributed by atoms with Gasteiger partial charge in [-0.2, -0.15) is 5.26 Å². The molecule has 0 spiro atoms. The van der Waals surface area contributed by atoms with Crippen LogP contribution in [0.3, 0.4) is 0 Å². The van der Waals surface area contributed by atoms with Crippen molar-refractivity contribution in [2.75, 3.05) is 11.7 Å². The molecule has 2 aliphatic rings. The van der Waals surface area contributed by atoms with E-state index in [0.29, 0.717) is 12.6 Å². The van der Waals surface area contributed by atoms with Gasteiger partial charge >= 0.3 is 0 Å². The molecular formula is C19H19BrN4O2. The Morgan fingerprint density at radius 1 is 1.19 bits per heavy atom. The number of aromatic nitrogens is 2. The molecule has 1 saturated carbocycles. The predicted molar refractivity (Wildman–Crippen MR) is 100 cm³/mol. The zero-order valence-electron chi connectivity index (χ0n) is 14.3. The van der Waals surface area contributed by atoms with Gasteiger partial charge in [0, 0.05) is 18.8 Å². The van der Waals surface area contributed by atoms with Crippen molar-refractivity contribution in [1.29, 1.82) is 5.26 Å². The van der Waals surface area contributed by atoms with Crippen molar-refractivity contribution in [2.24, 2.45) is 0 Å². The van der Waals surface area contributed by atoms with Crippen LogP contribution in [-0.2, 0) is 6.54 Å². The van der Waals surface area contributed by atoms with E-state index in [4.69, 9.17) is 9.47 Å². The van der Waals surface area contributed by atoms with Crippen LogP contribution in [0.25, 0.3) is 0 Å². The van der Waals surface area contributed by atoms with E-state index in [-0.39, 0.29) is 12.6 Å².